The Labute approximate surface area is 141 Å². The van der Waals surface area contributed by atoms with Crippen molar-refractivity contribution in [3.8, 4) is 0 Å². The normalized spacial score (nSPS) is 12.4. The lowest BCUT2D eigenvalue weighted by Gasteiger charge is -2.26. The van der Waals surface area contributed by atoms with Crippen molar-refractivity contribution in [2.45, 2.75) is 25.9 Å². The molecule has 0 amide bonds. The zero-order chi connectivity index (χ0) is 17.0. The van der Waals surface area contributed by atoms with Crippen LogP contribution in [0.1, 0.15) is 18.9 Å². The van der Waals surface area contributed by atoms with Crippen molar-refractivity contribution in [2.24, 2.45) is 4.99 Å². The van der Waals surface area contributed by atoms with Gasteiger partial charge in [-0.25, -0.2) is 0 Å². The minimum absolute atomic E-state index is 0.818. The second-order valence-electron chi connectivity index (χ2n) is 5.33. The molecule has 0 bridgehead atoms. The molecule has 6 heteroatoms. The quantitative estimate of drug-likeness (QED) is 0.434. The van der Waals surface area contributed by atoms with Crippen LogP contribution in [0.4, 0.5) is 0 Å². The Morgan fingerprint density at radius 2 is 1.70 bits per heavy atom. The lowest BCUT2D eigenvalue weighted by atomic mass is 10.2. The predicted molar refractivity (Wildman–Crippen MR) is 97.0 cm³/mol. The second kappa shape index (κ2) is 11.5. The number of benzene rings is 1. The van der Waals surface area contributed by atoms with Crippen LogP contribution >= 0.6 is 0 Å². The maximum atomic E-state index is 5.49. The zero-order valence-electron chi connectivity index (χ0n) is 14.8. The van der Waals surface area contributed by atoms with Gasteiger partial charge in [-0.2, -0.15) is 0 Å². The van der Waals surface area contributed by atoms with Gasteiger partial charge in [0.25, 0.3) is 0 Å². The Morgan fingerprint density at radius 1 is 1.04 bits per heavy atom. The fraction of sp³-hybridized carbons (Fsp3) is 0.588. The van der Waals surface area contributed by atoms with Crippen LogP contribution in [-0.2, 0) is 19.8 Å². The van der Waals surface area contributed by atoms with Gasteiger partial charge in [-0.3, -0.25) is 9.89 Å². The van der Waals surface area contributed by atoms with Crippen LogP contribution in [0, 0.1) is 0 Å². The van der Waals surface area contributed by atoms with Gasteiger partial charge in [0, 0.05) is 40.5 Å². The van der Waals surface area contributed by atoms with Gasteiger partial charge in [0.1, 0.15) is 0 Å². The molecule has 1 aromatic carbocycles. The first-order valence-electron chi connectivity index (χ1n) is 8.06. The van der Waals surface area contributed by atoms with E-state index in [1.807, 2.05) is 19.2 Å². The summed E-state index contributed by atoms with van der Waals surface area (Å²) in [6.45, 7) is 5.63. The molecule has 1 rings (SSSR count). The van der Waals surface area contributed by atoms with E-state index in [1.165, 1.54) is 5.56 Å². The average Bonchev–Trinajstić information content (AvgIpc) is 2.60. The standard InChI is InChI=1S/C17H30N2O3Si/c1-5-18-12-14-19(16-17-10-7-6-8-11-17)13-9-15-23(20-2,21-3)22-4/h5-8,10-11H,9,12-16H2,1-4H3. The summed E-state index contributed by atoms with van der Waals surface area (Å²) in [5, 5.41) is 0. The molecule has 0 fully saturated rings. The Kier molecular flexibility index (Phi) is 9.98. The summed E-state index contributed by atoms with van der Waals surface area (Å²) in [6.07, 6.45) is 2.84. The highest BCUT2D eigenvalue weighted by atomic mass is 28.4. The van der Waals surface area contributed by atoms with Crippen molar-refractivity contribution in [3.05, 3.63) is 35.9 Å². The Bertz CT molecular complexity index is 430. The molecule has 0 N–H and O–H groups in total. The van der Waals surface area contributed by atoms with E-state index in [1.54, 1.807) is 21.3 Å². The van der Waals surface area contributed by atoms with E-state index in [0.717, 1.165) is 38.6 Å². The molecule has 1 aromatic rings. The minimum Gasteiger partial charge on any atom is -0.377 e. The molecule has 130 valence electrons. The number of rotatable bonds is 12. The number of hydrogen-bond donors (Lipinski definition) is 0. The van der Waals surface area contributed by atoms with E-state index in [0.29, 0.717) is 0 Å². The SMILES string of the molecule is CC=NCCN(CCC[Si](OC)(OC)OC)Cc1ccccc1. The summed E-state index contributed by atoms with van der Waals surface area (Å²) in [7, 11) is 2.52. The first kappa shape index (κ1) is 20.0. The highest BCUT2D eigenvalue weighted by molar-refractivity contribution is 6.60. The number of aliphatic imine (C=N–C) groups is 1. The fourth-order valence-electron chi connectivity index (χ4n) is 2.52. The van der Waals surface area contributed by atoms with Gasteiger partial charge in [0.15, 0.2) is 0 Å². The molecule has 0 aliphatic carbocycles. The summed E-state index contributed by atoms with van der Waals surface area (Å²) < 4.78 is 16.5. The molecule has 0 aliphatic heterocycles. The maximum absolute atomic E-state index is 5.49. The van der Waals surface area contributed by atoms with Gasteiger partial charge < -0.3 is 13.3 Å². The summed E-state index contributed by atoms with van der Waals surface area (Å²) in [6, 6.07) is 11.3. The molecule has 0 heterocycles. The molecule has 0 unspecified atom stereocenters. The second-order valence-corrected chi connectivity index (χ2v) is 8.42. The van der Waals surface area contributed by atoms with Crippen LogP contribution in [0.25, 0.3) is 0 Å². The highest BCUT2D eigenvalue weighted by Crippen LogP contribution is 2.16. The van der Waals surface area contributed by atoms with Crippen molar-refractivity contribution < 1.29 is 13.3 Å². The zero-order valence-corrected chi connectivity index (χ0v) is 15.8. The molecule has 0 aromatic heterocycles. The summed E-state index contributed by atoms with van der Waals surface area (Å²) in [5.41, 5.74) is 1.32. The van der Waals surface area contributed by atoms with E-state index in [4.69, 9.17) is 13.3 Å². The van der Waals surface area contributed by atoms with Crippen LogP contribution < -0.4 is 0 Å². The molecule has 0 spiro atoms. The van der Waals surface area contributed by atoms with E-state index in [2.05, 4.69) is 34.2 Å². The summed E-state index contributed by atoms with van der Waals surface area (Å²) in [5.74, 6) is 0. The number of hydrogen-bond acceptors (Lipinski definition) is 5. The third-order valence-electron chi connectivity index (χ3n) is 3.87. The van der Waals surface area contributed by atoms with Crippen LogP contribution in [0.2, 0.25) is 6.04 Å². The smallest absolute Gasteiger partial charge is 0.377 e. The third-order valence-corrected chi connectivity index (χ3v) is 6.70. The molecule has 0 saturated carbocycles. The van der Waals surface area contributed by atoms with Gasteiger partial charge >= 0.3 is 8.80 Å². The van der Waals surface area contributed by atoms with Gasteiger partial charge in [-0.05, 0) is 31.7 Å². The Morgan fingerprint density at radius 3 is 2.26 bits per heavy atom. The average molecular weight is 339 g/mol. The predicted octanol–water partition coefficient (Wildman–Crippen LogP) is 2.85. The van der Waals surface area contributed by atoms with Crippen molar-refractivity contribution in [3.63, 3.8) is 0 Å². The topological polar surface area (TPSA) is 43.3 Å². The van der Waals surface area contributed by atoms with Gasteiger partial charge in [-0.1, -0.05) is 30.3 Å². The largest absolute Gasteiger partial charge is 0.500 e. The molecule has 0 atom stereocenters. The minimum atomic E-state index is -2.47. The van der Waals surface area contributed by atoms with Crippen molar-refractivity contribution in [1.82, 2.24) is 4.90 Å². The summed E-state index contributed by atoms with van der Waals surface area (Å²) >= 11 is 0. The molecule has 5 nitrogen and oxygen atoms in total. The maximum Gasteiger partial charge on any atom is 0.500 e. The van der Waals surface area contributed by atoms with Gasteiger partial charge in [-0.15, -0.1) is 0 Å². The monoisotopic (exact) mass is 338 g/mol. The molecule has 0 aliphatic rings. The molecular weight excluding hydrogens is 308 g/mol. The Hall–Kier alpha value is -1.05. The van der Waals surface area contributed by atoms with E-state index >= 15 is 0 Å². The lowest BCUT2D eigenvalue weighted by molar-refractivity contribution is 0.121. The lowest BCUT2D eigenvalue weighted by Crippen LogP contribution is -2.43. The molecule has 0 saturated heterocycles. The number of nitrogens with zero attached hydrogens (tertiary/aromatic N) is 2. The third kappa shape index (κ3) is 7.37. The van der Waals surface area contributed by atoms with Crippen LogP contribution in [0.15, 0.2) is 35.3 Å². The van der Waals surface area contributed by atoms with Crippen LogP contribution in [0.5, 0.6) is 0 Å². The first-order valence-corrected chi connectivity index (χ1v) is 9.99. The summed E-state index contributed by atoms with van der Waals surface area (Å²) in [4.78, 5) is 6.75. The van der Waals surface area contributed by atoms with Crippen molar-refractivity contribution >= 4 is 15.0 Å². The van der Waals surface area contributed by atoms with Gasteiger partial charge in [0.2, 0.25) is 0 Å². The molecule has 0 radical (unpaired) electrons. The van der Waals surface area contributed by atoms with Crippen LogP contribution in [0.3, 0.4) is 0 Å². The van der Waals surface area contributed by atoms with Crippen molar-refractivity contribution in [2.75, 3.05) is 41.0 Å². The van der Waals surface area contributed by atoms with Gasteiger partial charge in [0.05, 0.1) is 6.54 Å². The Balaban J connectivity index is 2.55. The van der Waals surface area contributed by atoms with Crippen molar-refractivity contribution in [1.29, 1.82) is 0 Å². The fourth-order valence-corrected chi connectivity index (χ4v) is 4.22. The van der Waals surface area contributed by atoms with E-state index in [-0.39, 0.29) is 0 Å². The van der Waals surface area contributed by atoms with E-state index < -0.39 is 8.80 Å². The molecule has 23 heavy (non-hydrogen) atoms. The highest BCUT2D eigenvalue weighted by Gasteiger charge is 2.36. The van der Waals surface area contributed by atoms with Crippen LogP contribution in [-0.4, -0.2) is 60.9 Å². The molecular formula is C17H30N2O3Si. The first-order chi connectivity index (χ1) is 11.2. The van der Waals surface area contributed by atoms with E-state index in [9.17, 15) is 0 Å².